The van der Waals surface area contributed by atoms with Crippen molar-refractivity contribution in [2.24, 2.45) is 5.92 Å². The number of hydrogen-bond donors (Lipinski definition) is 3. The monoisotopic (exact) mass is 1010 g/mol. The summed E-state index contributed by atoms with van der Waals surface area (Å²) >= 11 is 12.5. The van der Waals surface area contributed by atoms with E-state index in [1.807, 2.05) is 48.5 Å². The number of nitrogens with zero attached hydrogens (tertiary/aromatic N) is 3. The van der Waals surface area contributed by atoms with Crippen LogP contribution >= 0.6 is 23.2 Å². The minimum absolute atomic E-state index is 0.0288. The predicted molar refractivity (Wildman–Crippen MR) is 268 cm³/mol. The molecule has 1 amide bonds. The summed E-state index contributed by atoms with van der Waals surface area (Å²) in [4.78, 5) is 29.8. The molecule has 14 nitrogen and oxygen atoms in total. The van der Waals surface area contributed by atoms with Gasteiger partial charge in [0, 0.05) is 84.0 Å². The lowest BCUT2D eigenvalue weighted by atomic mass is 9.76. The predicted octanol–water partition coefficient (Wildman–Crippen LogP) is 8.18. The second-order valence-electron chi connectivity index (χ2n) is 17.5. The van der Waals surface area contributed by atoms with Crippen LogP contribution in [0.1, 0.15) is 84.1 Å². The Hall–Kier alpha value is -4.55. The van der Waals surface area contributed by atoms with Crippen molar-refractivity contribution in [1.29, 1.82) is 0 Å². The second-order valence-corrected chi connectivity index (χ2v) is 21.5. The summed E-state index contributed by atoms with van der Waals surface area (Å²) in [5.74, 6) is -0.456. The van der Waals surface area contributed by atoms with E-state index in [0.29, 0.717) is 63.2 Å². The van der Waals surface area contributed by atoms with Gasteiger partial charge in [-0.25, -0.2) is 17.7 Å². The van der Waals surface area contributed by atoms with Crippen molar-refractivity contribution in [3.63, 3.8) is 0 Å². The van der Waals surface area contributed by atoms with Gasteiger partial charge in [0.2, 0.25) is 21.3 Å². The first kappa shape index (κ1) is 51.3. The van der Waals surface area contributed by atoms with E-state index in [1.165, 1.54) is 12.1 Å². The zero-order valence-corrected chi connectivity index (χ0v) is 42.4. The Kier molecular flexibility index (Phi) is 16.6. The smallest absolute Gasteiger partial charge is 0.311 e. The van der Waals surface area contributed by atoms with Crippen LogP contribution in [0.25, 0.3) is 33.4 Å². The molecule has 3 aromatic carbocycles. The van der Waals surface area contributed by atoms with Gasteiger partial charge >= 0.3 is 5.97 Å². The number of rotatable bonds is 20. The number of fused-ring (bicyclic) bond motifs is 4. The van der Waals surface area contributed by atoms with Gasteiger partial charge in [0.15, 0.2) is 0 Å². The van der Waals surface area contributed by atoms with Gasteiger partial charge in [-0.15, -0.1) is 0 Å². The highest BCUT2D eigenvalue weighted by Crippen LogP contribution is 2.48. The van der Waals surface area contributed by atoms with E-state index in [-0.39, 0.29) is 66.3 Å². The molecule has 0 aromatic heterocycles. The molecule has 0 radical (unpaired) electrons. The van der Waals surface area contributed by atoms with Gasteiger partial charge in [0.05, 0.1) is 33.5 Å². The summed E-state index contributed by atoms with van der Waals surface area (Å²) in [6.07, 6.45) is 4.33. The molecule has 366 valence electrons. The number of ether oxygens (including phenoxy) is 1. The molecule has 3 aromatic rings. The van der Waals surface area contributed by atoms with Crippen LogP contribution in [-0.2, 0) is 34.5 Å². The van der Waals surface area contributed by atoms with Gasteiger partial charge in [-0.1, -0.05) is 41.8 Å². The first-order valence-electron chi connectivity index (χ1n) is 23.5. The molecule has 3 aliphatic heterocycles. The van der Waals surface area contributed by atoms with Crippen molar-refractivity contribution in [3.8, 4) is 22.5 Å². The number of halogens is 2. The molecule has 0 spiro atoms. The number of carbonyl (C=O) groups is 2. The SMILES string of the molecule is CCN(CC)c1ccc2c(-c3ccc(S(=O)(=O)NCCCCCC(=O)NCCOC(=O)[C@@H]4C5CCC(C[C@@H]4c4ccc(Cl)c(Cl)c4)N5C)cc3S(=O)(=O)O)c3ccc(=[N+](CC)CC)cc-3oc2c1. The fourth-order valence-electron chi connectivity index (χ4n) is 10.1. The van der Waals surface area contributed by atoms with Gasteiger partial charge in [-0.2, -0.15) is 8.42 Å². The molecule has 2 bridgehead atoms. The Morgan fingerprint density at radius 3 is 2.32 bits per heavy atom. The summed E-state index contributed by atoms with van der Waals surface area (Å²) in [5, 5.41) is 5.22. The van der Waals surface area contributed by atoms with Crippen molar-refractivity contribution in [2.45, 2.75) is 100 Å². The number of anilines is 1. The largest absolute Gasteiger partial charge is 0.464 e. The average Bonchev–Trinajstić information content (AvgIpc) is 3.53. The third kappa shape index (κ3) is 11.2. The fourth-order valence-corrected chi connectivity index (χ4v) is 12.3. The van der Waals surface area contributed by atoms with Crippen molar-refractivity contribution in [3.05, 3.63) is 93.8 Å². The minimum Gasteiger partial charge on any atom is -0.464 e. The number of piperidine rings is 1. The number of sulfonamides is 1. The highest BCUT2D eigenvalue weighted by atomic mass is 35.5. The lowest BCUT2D eigenvalue weighted by Gasteiger charge is -2.42. The third-order valence-corrected chi connectivity index (χ3v) is 16.8. The maximum absolute atomic E-state index is 13.6. The molecule has 0 saturated carbocycles. The minimum atomic E-state index is -4.95. The standard InChI is InChI=1S/C50H61Cl2N5O9S2/c1-6-56(7-2)34-15-19-37-44(29-34)66-45-30-35(57(8-3)9-4)16-20-38(45)48(37)39-21-18-36(31-46(39)68(62,63)64)67(60,61)54-24-12-10-11-13-47(58)53-25-26-65-50(59)49-40(28-33-17-23-43(49)55(33)5)32-14-22-41(51)42(52)27-32/h14-16,18-22,27,29-31,33,40,43,49,54H,6-13,17,23-26,28H2,1-5H3,(H-,53,58,62,63,64)/p+1/t33?,40-,43?,49+/m1/s1. The zero-order chi connectivity index (χ0) is 48.9. The Balaban J connectivity index is 0.963. The quantitative estimate of drug-likeness (QED) is 0.0225. The summed E-state index contributed by atoms with van der Waals surface area (Å²) in [6.45, 7) is 11.5. The van der Waals surface area contributed by atoms with E-state index in [2.05, 4.69) is 59.2 Å². The van der Waals surface area contributed by atoms with E-state index in [0.717, 1.165) is 68.1 Å². The van der Waals surface area contributed by atoms with E-state index in [4.69, 9.17) is 32.4 Å². The molecular formula is C50H62Cl2N5O9S2+. The first-order chi connectivity index (χ1) is 32.5. The van der Waals surface area contributed by atoms with E-state index in [1.54, 1.807) is 6.07 Å². The molecule has 4 aliphatic rings. The lowest BCUT2D eigenvalue weighted by molar-refractivity contribution is -0.153. The van der Waals surface area contributed by atoms with Gasteiger partial charge < -0.3 is 19.4 Å². The summed E-state index contributed by atoms with van der Waals surface area (Å²) in [5.41, 5.74) is 3.56. The van der Waals surface area contributed by atoms with Crippen LogP contribution in [0.5, 0.6) is 0 Å². The van der Waals surface area contributed by atoms with Crippen molar-refractivity contribution in [2.75, 3.05) is 57.8 Å². The summed E-state index contributed by atoms with van der Waals surface area (Å²) in [6, 6.07) is 21.1. The Morgan fingerprint density at radius 1 is 0.868 bits per heavy atom. The average molecular weight is 1010 g/mol. The first-order valence-corrected chi connectivity index (χ1v) is 27.2. The Bertz CT molecular complexity index is 2920. The molecule has 68 heavy (non-hydrogen) atoms. The van der Waals surface area contributed by atoms with Crippen LogP contribution in [0, 0.1) is 5.92 Å². The van der Waals surface area contributed by atoms with Crippen molar-refractivity contribution < 1.29 is 40.1 Å². The van der Waals surface area contributed by atoms with Crippen LogP contribution in [0.2, 0.25) is 10.0 Å². The van der Waals surface area contributed by atoms with Gasteiger partial charge in [0.1, 0.15) is 35.9 Å². The summed E-state index contributed by atoms with van der Waals surface area (Å²) in [7, 11) is -7.12. The zero-order valence-electron chi connectivity index (χ0n) is 39.3. The molecule has 1 aliphatic carbocycles. The van der Waals surface area contributed by atoms with Crippen LogP contribution in [0.3, 0.4) is 0 Å². The number of unbranched alkanes of at least 4 members (excludes halogenated alkanes) is 2. The van der Waals surface area contributed by atoms with Crippen molar-refractivity contribution >= 4 is 71.9 Å². The number of benzene rings is 4. The molecule has 7 rings (SSSR count). The van der Waals surface area contributed by atoms with Crippen LogP contribution in [-0.4, -0.2) is 103 Å². The number of esters is 1. The molecule has 18 heteroatoms. The molecule has 4 atom stereocenters. The second kappa shape index (κ2) is 22.0. The van der Waals surface area contributed by atoms with Crippen LogP contribution in [0.15, 0.2) is 87.0 Å². The fraction of sp³-hybridized carbons (Fsp3) is 0.460. The van der Waals surface area contributed by atoms with Gasteiger partial charge in [-0.05, 0) is 115 Å². The Morgan fingerprint density at radius 2 is 1.62 bits per heavy atom. The van der Waals surface area contributed by atoms with Gasteiger partial charge in [0.25, 0.3) is 10.1 Å². The molecular weight excluding hydrogens is 950 g/mol. The highest BCUT2D eigenvalue weighted by molar-refractivity contribution is 7.89. The number of nitrogens with one attached hydrogen (secondary N) is 2. The van der Waals surface area contributed by atoms with Crippen molar-refractivity contribution in [1.82, 2.24) is 19.5 Å². The highest BCUT2D eigenvalue weighted by Gasteiger charge is 2.50. The maximum atomic E-state index is 13.6. The number of amides is 1. The molecule has 2 saturated heterocycles. The summed E-state index contributed by atoms with van der Waals surface area (Å²) < 4.78 is 81.0. The number of carbonyl (C=O) groups excluding carboxylic acids is 2. The molecule has 2 fully saturated rings. The normalized spacial score (nSPS) is 18.5. The molecule has 2 unspecified atom stereocenters. The van der Waals surface area contributed by atoms with E-state index < -0.39 is 25.0 Å². The van der Waals surface area contributed by atoms with E-state index in [9.17, 15) is 31.0 Å². The topological polar surface area (TPSA) is 179 Å². The Labute approximate surface area is 409 Å². The lowest BCUT2D eigenvalue weighted by Crippen LogP contribution is -2.49. The molecule has 3 N–H and O–H groups in total. The van der Waals surface area contributed by atoms with Crippen LogP contribution in [0.4, 0.5) is 5.69 Å². The third-order valence-electron chi connectivity index (χ3n) is 13.7. The van der Waals surface area contributed by atoms with Gasteiger partial charge in [-0.3, -0.25) is 19.0 Å². The number of hydrogen-bond acceptors (Lipinski definition) is 10. The van der Waals surface area contributed by atoms with Crippen LogP contribution < -0.4 is 24.9 Å². The maximum Gasteiger partial charge on any atom is 0.311 e. The molecule has 3 heterocycles. The van der Waals surface area contributed by atoms with E-state index >= 15 is 0 Å².